The van der Waals surface area contributed by atoms with Crippen molar-refractivity contribution in [3.63, 3.8) is 0 Å². The lowest BCUT2D eigenvalue weighted by Gasteiger charge is -2.32. The normalized spacial score (nSPS) is 16.0. The lowest BCUT2D eigenvalue weighted by molar-refractivity contribution is -0.137. The molecule has 8 heteroatoms. The van der Waals surface area contributed by atoms with Gasteiger partial charge < -0.3 is 14.6 Å². The largest absolute Gasteiger partial charge is 0.416 e. The van der Waals surface area contributed by atoms with Crippen molar-refractivity contribution >= 4 is 5.91 Å². The highest BCUT2D eigenvalue weighted by molar-refractivity contribution is 5.78. The molecule has 1 fully saturated rings. The highest BCUT2D eigenvalue weighted by atomic mass is 19.4. The van der Waals surface area contributed by atoms with Crippen molar-refractivity contribution in [2.45, 2.75) is 38.1 Å². The summed E-state index contributed by atoms with van der Waals surface area (Å²) < 4.78 is 43.5. The molecule has 2 heterocycles. The summed E-state index contributed by atoms with van der Waals surface area (Å²) in [6, 6.07) is 4.75. The fraction of sp³-hybridized carbons (Fsp3) is 0.444. The zero-order chi connectivity index (χ0) is 18.6. The van der Waals surface area contributed by atoms with Crippen LogP contribution in [0.3, 0.4) is 0 Å². The number of nitrogens with one attached hydrogen (secondary N) is 1. The predicted octanol–water partition coefficient (Wildman–Crippen LogP) is 3.18. The molecule has 1 saturated heterocycles. The third-order valence-corrected chi connectivity index (χ3v) is 4.45. The molecule has 140 valence electrons. The van der Waals surface area contributed by atoms with E-state index in [1.807, 2.05) is 0 Å². The van der Waals surface area contributed by atoms with Crippen molar-refractivity contribution in [3.05, 3.63) is 53.6 Å². The third-order valence-electron chi connectivity index (χ3n) is 4.45. The van der Waals surface area contributed by atoms with Crippen LogP contribution in [0, 0.1) is 0 Å². The van der Waals surface area contributed by atoms with Crippen molar-refractivity contribution < 1.29 is 22.7 Å². The van der Waals surface area contributed by atoms with Gasteiger partial charge in [-0.3, -0.25) is 4.79 Å². The van der Waals surface area contributed by atoms with E-state index in [-0.39, 0.29) is 18.4 Å². The van der Waals surface area contributed by atoms with E-state index in [0.717, 1.165) is 30.7 Å². The summed E-state index contributed by atoms with van der Waals surface area (Å²) >= 11 is 0. The topological polar surface area (TPSA) is 58.2 Å². The molecule has 1 aliphatic heterocycles. The third kappa shape index (κ3) is 4.85. The maximum Gasteiger partial charge on any atom is 0.416 e. The Bertz CT molecular complexity index is 706. The van der Waals surface area contributed by atoms with E-state index in [4.69, 9.17) is 4.74 Å². The average Bonchev–Trinajstić information content (AvgIpc) is 3.13. The number of hydrogen-bond donors (Lipinski definition) is 1. The number of likely N-dealkylation sites (tertiary alicyclic amines) is 1. The van der Waals surface area contributed by atoms with Gasteiger partial charge in [-0.1, -0.05) is 12.1 Å². The molecule has 0 unspecified atom stereocenters. The van der Waals surface area contributed by atoms with Crippen molar-refractivity contribution in [1.82, 2.24) is 14.9 Å². The Morgan fingerprint density at radius 3 is 2.50 bits per heavy atom. The lowest BCUT2D eigenvalue weighted by atomic mass is 10.0. The number of H-pyrrole nitrogens is 1. The number of carbonyl (C=O) groups excluding carboxylic acids is 1. The van der Waals surface area contributed by atoms with Crippen LogP contribution < -0.4 is 0 Å². The molecule has 0 saturated carbocycles. The molecule has 0 spiro atoms. The number of alkyl halides is 3. The van der Waals surface area contributed by atoms with Crippen molar-refractivity contribution in [1.29, 1.82) is 0 Å². The number of benzene rings is 1. The zero-order valence-electron chi connectivity index (χ0n) is 14.1. The van der Waals surface area contributed by atoms with Crippen LogP contribution in [0.2, 0.25) is 0 Å². The minimum absolute atomic E-state index is 0.0736. The standard InChI is InChI=1S/C18H20F3N3O2/c19-18(20,21)14-3-1-13(2-4-14)9-17(25)24-7-5-16(6-8-24)26-11-15-10-22-12-23-15/h1-4,10,12,16H,5-9,11H2,(H,22,23). The lowest BCUT2D eigenvalue weighted by Crippen LogP contribution is -2.41. The molecule has 0 bridgehead atoms. The summed E-state index contributed by atoms with van der Waals surface area (Å²) in [5.74, 6) is -0.0736. The molecule has 1 aromatic carbocycles. The minimum atomic E-state index is -4.36. The van der Waals surface area contributed by atoms with E-state index in [0.29, 0.717) is 25.3 Å². The molecule has 0 radical (unpaired) electrons. The van der Waals surface area contributed by atoms with Gasteiger partial charge in [0.25, 0.3) is 0 Å². The fourth-order valence-electron chi connectivity index (χ4n) is 2.94. The number of nitrogens with zero attached hydrogens (tertiary/aromatic N) is 2. The van der Waals surface area contributed by atoms with E-state index in [1.165, 1.54) is 12.1 Å². The van der Waals surface area contributed by atoms with Crippen molar-refractivity contribution in [2.75, 3.05) is 13.1 Å². The van der Waals surface area contributed by atoms with Crippen LogP contribution in [0.15, 0.2) is 36.8 Å². The minimum Gasteiger partial charge on any atom is -0.372 e. The highest BCUT2D eigenvalue weighted by Gasteiger charge is 2.30. The molecular weight excluding hydrogens is 347 g/mol. The summed E-state index contributed by atoms with van der Waals surface area (Å²) in [5, 5.41) is 0. The van der Waals surface area contributed by atoms with Crippen LogP contribution in [-0.2, 0) is 28.7 Å². The Morgan fingerprint density at radius 1 is 1.23 bits per heavy atom. The SMILES string of the molecule is O=C(Cc1ccc(C(F)(F)F)cc1)N1CCC(OCc2c[nH]cn2)CC1. The molecule has 1 aliphatic rings. The van der Waals surface area contributed by atoms with Gasteiger partial charge in [-0.05, 0) is 30.5 Å². The summed E-state index contributed by atoms with van der Waals surface area (Å²) in [5.41, 5.74) is 0.717. The molecule has 1 amide bonds. The number of amides is 1. The maximum atomic E-state index is 12.6. The number of aromatic nitrogens is 2. The molecule has 5 nitrogen and oxygen atoms in total. The van der Waals surface area contributed by atoms with Gasteiger partial charge in [-0.15, -0.1) is 0 Å². The van der Waals surface area contributed by atoms with Crippen LogP contribution >= 0.6 is 0 Å². The molecule has 1 N–H and O–H groups in total. The Morgan fingerprint density at radius 2 is 1.92 bits per heavy atom. The average molecular weight is 367 g/mol. The van der Waals surface area contributed by atoms with Crippen LogP contribution in [0.25, 0.3) is 0 Å². The van der Waals surface area contributed by atoms with E-state index in [1.54, 1.807) is 17.4 Å². The second kappa shape index (κ2) is 7.90. The van der Waals surface area contributed by atoms with Gasteiger partial charge in [0.15, 0.2) is 0 Å². The molecule has 1 aromatic heterocycles. The van der Waals surface area contributed by atoms with Crippen LogP contribution in [0.5, 0.6) is 0 Å². The maximum absolute atomic E-state index is 12.6. The Balaban J connectivity index is 1.44. The Labute approximate surface area is 149 Å². The Kier molecular flexibility index (Phi) is 5.61. The number of ether oxygens (including phenoxy) is 1. The van der Waals surface area contributed by atoms with E-state index >= 15 is 0 Å². The van der Waals surface area contributed by atoms with Gasteiger partial charge in [0.05, 0.1) is 36.7 Å². The molecule has 2 aromatic rings. The number of imidazole rings is 1. The first-order valence-corrected chi connectivity index (χ1v) is 8.45. The number of aromatic amines is 1. The highest BCUT2D eigenvalue weighted by Crippen LogP contribution is 2.29. The first kappa shape index (κ1) is 18.4. The Hall–Kier alpha value is -2.35. The number of rotatable bonds is 5. The quantitative estimate of drug-likeness (QED) is 0.883. The molecule has 0 atom stereocenters. The monoisotopic (exact) mass is 367 g/mol. The second-order valence-electron chi connectivity index (χ2n) is 6.32. The summed E-state index contributed by atoms with van der Waals surface area (Å²) in [6.45, 7) is 1.61. The first-order valence-electron chi connectivity index (χ1n) is 8.45. The van der Waals surface area contributed by atoms with E-state index in [9.17, 15) is 18.0 Å². The first-order chi connectivity index (χ1) is 12.4. The summed E-state index contributed by atoms with van der Waals surface area (Å²) in [6.07, 6.45) is 0.690. The zero-order valence-corrected chi connectivity index (χ0v) is 14.1. The number of halogens is 3. The van der Waals surface area contributed by atoms with Crippen molar-refractivity contribution in [3.8, 4) is 0 Å². The van der Waals surface area contributed by atoms with Crippen molar-refractivity contribution in [2.24, 2.45) is 0 Å². The number of hydrogen-bond acceptors (Lipinski definition) is 3. The second-order valence-corrected chi connectivity index (χ2v) is 6.32. The fourth-order valence-corrected chi connectivity index (χ4v) is 2.94. The van der Waals surface area contributed by atoms with Gasteiger partial charge in [-0.25, -0.2) is 4.98 Å². The number of carbonyl (C=O) groups is 1. The van der Waals surface area contributed by atoms with Gasteiger partial charge in [0.1, 0.15) is 0 Å². The predicted molar refractivity (Wildman–Crippen MR) is 88.1 cm³/mol. The smallest absolute Gasteiger partial charge is 0.372 e. The van der Waals surface area contributed by atoms with Gasteiger partial charge in [0, 0.05) is 19.3 Å². The molecule has 26 heavy (non-hydrogen) atoms. The summed E-state index contributed by atoms with van der Waals surface area (Å²) in [7, 11) is 0. The van der Waals surface area contributed by atoms with Gasteiger partial charge >= 0.3 is 6.18 Å². The number of piperidine rings is 1. The van der Waals surface area contributed by atoms with Crippen LogP contribution in [0.1, 0.15) is 29.7 Å². The molecule has 0 aliphatic carbocycles. The van der Waals surface area contributed by atoms with E-state index in [2.05, 4.69) is 9.97 Å². The molecule has 3 rings (SSSR count). The van der Waals surface area contributed by atoms with E-state index < -0.39 is 11.7 Å². The van der Waals surface area contributed by atoms with Gasteiger partial charge in [-0.2, -0.15) is 13.2 Å². The molecular formula is C18H20F3N3O2. The van der Waals surface area contributed by atoms with Gasteiger partial charge in [0.2, 0.25) is 5.91 Å². The summed E-state index contributed by atoms with van der Waals surface area (Å²) in [4.78, 5) is 21.1. The van der Waals surface area contributed by atoms with Crippen LogP contribution in [0.4, 0.5) is 13.2 Å². The van der Waals surface area contributed by atoms with Crippen LogP contribution in [-0.4, -0.2) is 40.0 Å².